The summed E-state index contributed by atoms with van der Waals surface area (Å²) >= 11 is 0. The van der Waals surface area contributed by atoms with Gasteiger partial charge >= 0.3 is 5.97 Å². The van der Waals surface area contributed by atoms with E-state index in [1.165, 1.54) is 6.92 Å². The number of carboxylic acid groups (broad SMARTS) is 1. The Morgan fingerprint density at radius 2 is 1.88 bits per heavy atom. The summed E-state index contributed by atoms with van der Waals surface area (Å²) in [5.74, 6) is -1.70. The molecule has 0 unspecified atom stereocenters. The van der Waals surface area contributed by atoms with Gasteiger partial charge in [-0.05, 0) is 19.1 Å². The van der Waals surface area contributed by atoms with Crippen molar-refractivity contribution in [1.29, 1.82) is 0 Å². The summed E-state index contributed by atoms with van der Waals surface area (Å²) in [6.07, 6.45) is -1.20. The Bertz CT molecular complexity index is 392. The summed E-state index contributed by atoms with van der Waals surface area (Å²) in [5, 5.41) is 13.9. The van der Waals surface area contributed by atoms with Crippen molar-refractivity contribution >= 4 is 17.6 Å². The summed E-state index contributed by atoms with van der Waals surface area (Å²) in [5.41, 5.74) is 5.95. The van der Waals surface area contributed by atoms with Gasteiger partial charge in [-0.1, -0.05) is 18.2 Å². The number of nitrogens with two attached hydrogens (primary N) is 1. The van der Waals surface area contributed by atoms with Gasteiger partial charge in [0, 0.05) is 5.69 Å². The molecule has 2 atom stereocenters. The molecule has 0 saturated heterocycles. The van der Waals surface area contributed by atoms with Gasteiger partial charge in [-0.2, -0.15) is 0 Å². The second kappa shape index (κ2) is 5.86. The van der Waals surface area contributed by atoms with Gasteiger partial charge in [0.05, 0.1) is 6.04 Å². The molecule has 0 heterocycles. The molecule has 1 aromatic rings. The lowest BCUT2D eigenvalue weighted by Crippen LogP contribution is -2.51. The average molecular weight is 237 g/mol. The van der Waals surface area contributed by atoms with E-state index in [1.807, 2.05) is 6.07 Å². The maximum Gasteiger partial charge on any atom is 0.347 e. The van der Waals surface area contributed by atoms with Gasteiger partial charge in [0.2, 0.25) is 5.91 Å². The van der Waals surface area contributed by atoms with Crippen LogP contribution < -0.4 is 16.4 Å². The predicted molar refractivity (Wildman–Crippen MR) is 63.3 cm³/mol. The van der Waals surface area contributed by atoms with Crippen LogP contribution in [0.5, 0.6) is 0 Å². The topological polar surface area (TPSA) is 104 Å². The van der Waals surface area contributed by atoms with Crippen LogP contribution in [0.3, 0.4) is 0 Å². The molecule has 0 aliphatic rings. The number of rotatable bonds is 5. The third kappa shape index (κ3) is 4.12. The van der Waals surface area contributed by atoms with Crippen molar-refractivity contribution in [2.24, 2.45) is 5.73 Å². The van der Waals surface area contributed by atoms with Crippen LogP contribution in [0.15, 0.2) is 30.3 Å². The van der Waals surface area contributed by atoms with Crippen LogP contribution in [0.2, 0.25) is 0 Å². The summed E-state index contributed by atoms with van der Waals surface area (Å²) < 4.78 is 0. The molecule has 0 spiro atoms. The minimum Gasteiger partial charge on any atom is -0.478 e. The quantitative estimate of drug-likeness (QED) is 0.538. The molecule has 0 bridgehead atoms. The summed E-state index contributed by atoms with van der Waals surface area (Å²) in [4.78, 5) is 22.3. The van der Waals surface area contributed by atoms with E-state index in [0.717, 1.165) is 0 Å². The van der Waals surface area contributed by atoms with Gasteiger partial charge in [-0.3, -0.25) is 4.79 Å². The van der Waals surface area contributed by atoms with Gasteiger partial charge in [0.15, 0.2) is 6.17 Å². The Morgan fingerprint density at radius 1 is 1.29 bits per heavy atom. The van der Waals surface area contributed by atoms with Crippen molar-refractivity contribution in [2.45, 2.75) is 19.1 Å². The largest absolute Gasteiger partial charge is 0.478 e. The van der Waals surface area contributed by atoms with Gasteiger partial charge in [0.1, 0.15) is 0 Å². The minimum atomic E-state index is -1.20. The fourth-order valence-electron chi connectivity index (χ4n) is 1.13. The molecular weight excluding hydrogens is 222 g/mol. The van der Waals surface area contributed by atoms with E-state index in [9.17, 15) is 9.59 Å². The van der Waals surface area contributed by atoms with Crippen molar-refractivity contribution in [3.05, 3.63) is 30.3 Å². The van der Waals surface area contributed by atoms with E-state index in [1.54, 1.807) is 24.3 Å². The van der Waals surface area contributed by atoms with Gasteiger partial charge < -0.3 is 21.5 Å². The van der Waals surface area contributed by atoms with E-state index in [2.05, 4.69) is 10.6 Å². The number of hydrogen-bond donors (Lipinski definition) is 4. The molecule has 0 aliphatic heterocycles. The smallest absolute Gasteiger partial charge is 0.347 e. The maximum absolute atomic E-state index is 11.3. The summed E-state index contributed by atoms with van der Waals surface area (Å²) in [6, 6.07) is 7.97. The first-order valence-electron chi connectivity index (χ1n) is 5.11. The molecule has 0 fully saturated rings. The fraction of sp³-hybridized carbons (Fsp3) is 0.273. The Morgan fingerprint density at radius 3 is 2.35 bits per heavy atom. The standard InChI is InChI=1S/C11H15N3O3/c1-7(12)10(15)14-9(11(16)17)13-8-5-3-2-4-6-8/h2-7,9,13H,12H2,1H3,(H,14,15)(H,16,17)/t7-,9-/m0/s1. The van der Waals surface area contributed by atoms with Gasteiger partial charge in [0.25, 0.3) is 0 Å². The third-order valence-electron chi connectivity index (χ3n) is 2.03. The molecule has 6 nitrogen and oxygen atoms in total. The normalized spacial score (nSPS) is 13.5. The van der Waals surface area contributed by atoms with E-state index in [0.29, 0.717) is 5.69 Å². The Kier molecular flexibility index (Phi) is 4.47. The number of carbonyl (C=O) groups is 2. The lowest BCUT2D eigenvalue weighted by atomic mass is 10.3. The Labute approximate surface area is 98.8 Å². The molecule has 17 heavy (non-hydrogen) atoms. The van der Waals surface area contributed by atoms with Crippen LogP contribution >= 0.6 is 0 Å². The number of benzene rings is 1. The predicted octanol–water partition coefficient (Wildman–Crippen LogP) is -0.0274. The molecule has 0 aromatic heterocycles. The van der Waals surface area contributed by atoms with Crippen molar-refractivity contribution in [3.8, 4) is 0 Å². The van der Waals surface area contributed by atoms with Crippen LogP contribution in [0.4, 0.5) is 5.69 Å². The number of carboxylic acids is 1. The lowest BCUT2D eigenvalue weighted by molar-refractivity contribution is -0.141. The zero-order valence-electron chi connectivity index (χ0n) is 9.38. The number of aliphatic carboxylic acids is 1. The van der Waals surface area contributed by atoms with Crippen LogP contribution in [0, 0.1) is 0 Å². The molecule has 5 N–H and O–H groups in total. The van der Waals surface area contributed by atoms with Crippen molar-refractivity contribution in [2.75, 3.05) is 5.32 Å². The molecule has 6 heteroatoms. The Balaban J connectivity index is 2.68. The number of para-hydroxylation sites is 1. The summed E-state index contributed by atoms with van der Waals surface area (Å²) in [6.45, 7) is 1.48. The van der Waals surface area contributed by atoms with Gasteiger partial charge in [-0.15, -0.1) is 0 Å². The van der Waals surface area contributed by atoms with E-state index in [-0.39, 0.29) is 0 Å². The van der Waals surface area contributed by atoms with Crippen LogP contribution in [0.25, 0.3) is 0 Å². The van der Waals surface area contributed by atoms with Crippen LogP contribution in [-0.2, 0) is 9.59 Å². The second-order valence-corrected chi connectivity index (χ2v) is 3.58. The first kappa shape index (κ1) is 13.0. The average Bonchev–Trinajstić information content (AvgIpc) is 2.29. The number of nitrogens with one attached hydrogen (secondary N) is 2. The zero-order chi connectivity index (χ0) is 12.8. The highest BCUT2D eigenvalue weighted by molar-refractivity contribution is 5.87. The van der Waals surface area contributed by atoms with E-state index >= 15 is 0 Å². The first-order valence-corrected chi connectivity index (χ1v) is 5.11. The lowest BCUT2D eigenvalue weighted by Gasteiger charge is -2.18. The van der Waals surface area contributed by atoms with Crippen LogP contribution in [0.1, 0.15) is 6.92 Å². The van der Waals surface area contributed by atoms with Gasteiger partial charge in [-0.25, -0.2) is 4.79 Å². The molecular formula is C11H15N3O3. The van der Waals surface area contributed by atoms with Crippen molar-refractivity contribution in [3.63, 3.8) is 0 Å². The SMILES string of the molecule is C[C@H](N)C(=O)N[C@H](Nc1ccccc1)C(=O)O. The second-order valence-electron chi connectivity index (χ2n) is 3.58. The number of amides is 1. The Hall–Kier alpha value is -2.08. The molecule has 1 rings (SSSR count). The molecule has 1 aromatic carbocycles. The molecule has 92 valence electrons. The highest BCUT2D eigenvalue weighted by Gasteiger charge is 2.20. The molecule has 1 amide bonds. The zero-order valence-corrected chi connectivity index (χ0v) is 9.38. The molecule has 0 radical (unpaired) electrons. The highest BCUT2D eigenvalue weighted by Crippen LogP contribution is 2.06. The maximum atomic E-state index is 11.3. The van der Waals surface area contributed by atoms with Crippen molar-refractivity contribution in [1.82, 2.24) is 5.32 Å². The summed E-state index contributed by atoms with van der Waals surface area (Å²) in [7, 11) is 0. The van der Waals surface area contributed by atoms with Crippen molar-refractivity contribution < 1.29 is 14.7 Å². The van der Waals surface area contributed by atoms with E-state index < -0.39 is 24.1 Å². The number of hydrogen-bond acceptors (Lipinski definition) is 4. The number of anilines is 1. The minimum absolute atomic E-state index is 0.527. The first-order chi connectivity index (χ1) is 8.00. The van der Waals surface area contributed by atoms with Crippen LogP contribution in [-0.4, -0.2) is 29.2 Å². The molecule has 0 aliphatic carbocycles. The highest BCUT2D eigenvalue weighted by atomic mass is 16.4. The fourth-order valence-corrected chi connectivity index (χ4v) is 1.13. The monoisotopic (exact) mass is 237 g/mol. The third-order valence-corrected chi connectivity index (χ3v) is 2.03. The van der Waals surface area contributed by atoms with E-state index in [4.69, 9.17) is 10.8 Å². The number of carbonyl (C=O) groups excluding carboxylic acids is 1. The molecule has 0 saturated carbocycles.